The molecule has 3 aromatic heterocycles. The van der Waals surface area contributed by atoms with Gasteiger partial charge in [-0.3, -0.25) is 9.78 Å². The molecule has 4 aromatic carbocycles. The first kappa shape index (κ1) is 43.4. The Kier molecular flexibility index (Phi) is 13.6. The Morgan fingerprint density at radius 2 is 1.33 bits per heavy atom. The van der Waals surface area contributed by atoms with Gasteiger partial charge in [-0.05, 0) is 60.7 Å². The van der Waals surface area contributed by atoms with Crippen molar-refractivity contribution >= 4 is 52.0 Å². The van der Waals surface area contributed by atoms with Crippen LogP contribution in [0.3, 0.4) is 0 Å². The quantitative estimate of drug-likeness (QED) is 0.0605. The van der Waals surface area contributed by atoms with Crippen LogP contribution in [0.5, 0.6) is 0 Å². The average molecular weight is 952 g/mol. The Bertz CT molecular complexity index is 2510. The van der Waals surface area contributed by atoms with Crippen molar-refractivity contribution in [1.29, 1.82) is 0 Å². The number of hydrogen-bond donors (Lipinski definition) is 1. The molecule has 7 aromatic rings. The van der Waals surface area contributed by atoms with Crippen LogP contribution in [0.2, 0.25) is 19.6 Å². The van der Waals surface area contributed by atoms with Crippen molar-refractivity contribution in [2.75, 3.05) is 0 Å². The van der Waals surface area contributed by atoms with E-state index < -0.39 is 8.07 Å². The number of allylic oxidation sites excluding steroid dienone is 2. The van der Waals surface area contributed by atoms with Crippen LogP contribution in [0.1, 0.15) is 67.2 Å². The van der Waals surface area contributed by atoms with Crippen molar-refractivity contribution in [3.05, 3.63) is 127 Å². The smallest absolute Gasteiger partial charge is 0.216 e. The number of aromatic nitrogens is 2. The maximum absolute atomic E-state index is 12.2. The molecule has 0 atom stereocenters. The number of carbonyl (C=O) groups excluding carboxylic acids is 1. The molecule has 0 aliphatic rings. The second-order valence-electron chi connectivity index (χ2n) is 16.4. The number of pyridine rings is 2. The predicted octanol–water partition coefficient (Wildman–Crippen LogP) is 13.5. The van der Waals surface area contributed by atoms with Gasteiger partial charge in [0, 0.05) is 53.3 Å². The molecule has 1 N–H and O–H groups in total. The van der Waals surface area contributed by atoms with E-state index in [2.05, 4.69) is 105 Å². The Hall–Kier alpha value is -4.68. The zero-order valence-corrected chi connectivity index (χ0v) is 38.2. The van der Waals surface area contributed by atoms with E-state index in [0.29, 0.717) is 5.71 Å². The number of aliphatic hydroxyl groups is 1. The van der Waals surface area contributed by atoms with Crippen molar-refractivity contribution in [2.24, 2.45) is 10.8 Å². The van der Waals surface area contributed by atoms with Crippen molar-refractivity contribution in [2.45, 2.75) is 86.9 Å². The summed E-state index contributed by atoms with van der Waals surface area (Å²) in [7, 11) is -1.49. The molecule has 1 radical (unpaired) electrons. The Balaban J connectivity index is 0.000000295. The molecule has 0 bridgehead atoms. The molecule has 7 heteroatoms. The second-order valence-corrected chi connectivity index (χ2v) is 21.5. The molecular weight excluding hydrogens is 897 g/mol. The standard InChI is InChI=1S/C35H27N2OSi.C15H28O2.Ir/c1-39(2,3)25-17-19-32-30(21-25)29(23-11-6-4-7-12-23)22-33(36-32)28-16-10-15-26-27-18-20-31(24-13-8-5-9-14-24)37-35(27)38-34(26)28;1-7-14(5,8-2)12(16)11-13(17)15(6,9-3)10-4;/h4-15,17-22H,1-3H3;11,16H,7-10H2,1-6H3;/q-1;;/b;12-11-;. The molecule has 0 fully saturated rings. The summed E-state index contributed by atoms with van der Waals surface area (Å²) in [6.45, 7) is 19.2. The number of ketones is 1. The monoisotopic (exact) mass is 952 g/mol. The van der Waals surface area contributed by atoms with Crippen LogP contribution in [0.15, 0.2) is 125 Å². The summed E-state index contributed by atoms with van der Waals surface area (Å²) in [5.74, 6) is 0.286. The third-order valence-electron chi connectivity index (χ3n) is 12.0. The van der Waals surface area contributed by atoms with E-state index in [0.717, 1.165) is 70.1 Å². The van der Waals surface area contributed by atoms with Gasteiger partial charge in [-0.25, -0.2) is 4.98 Å². The van der Waals surface area contributed by atoms with Crippen LogP contribution < -0.4 is 5.19 Å². The molecule has 0 spiro atoms. The van der Waals surface area contributed by atoms with Crippen molar-refractivity contribution in [1.82, 2.24) is 9.97 Å². The molecule has 57 heavy (non-hydrogen) atoms. The average Bonchev–Trinajstić information content (AvgIpc) is 3.61. The maximum atomic E-state index is 12.2. The number of fused-ring (bicyclic) bond motifs is 4. The molecule has 0 saturated carbocycles. The van der Waals surface area contributed by atoms with E-state index in [-0.39, 0.29) is 42.5 Å². The van der Waals surface area contributed by atoms with Gasteiger partial charge >= 0.3 is 0 Å². The van der Waals surface area contributed by atoms with Gasteiger partial charge in [-0.1, -0.05) is 156 Å². The summed E-state index contributed by atoms with van der Waals surface area (Å²) in [6, 6.07) is 41.3. The van der Waals surface area contributed by atoms with E-state index in [1.165, 1.54) is 27.8 Å². The van der Waals surface area contributed by atoms with E-state index in [1.54, 1.807) is 0 Å². The number of hydrogen-bond acceptors (Lipinski definition) is 5. The predicted molar refractivity (Wildman–Crippen MR) is 238 cm³/mol. The third kappa shape index (κ3) is 9.07. The Morgan fingerprint density at radius 3 is 1.93 bits per heavy atom. The SMILES string of the molecule is CCC(C)(CC)C(=O)/C=C(\O)C(C)(CC)CC.C[Si](C)(C)c1ccc2nc(-c3[c-]ccc4c3oc3nc(-c5ccccc5)ccc34)cc(-c3ccccc3)c2c1.[Ir]. The van der Waals surface area contributed by atoms with Crippen molar-refractivity contribution in [3.8, 4) is 33.6 Å². The number of benzene rings is 4. The van der Waals surface area contributed by atoms with Gasteiger partial charge in [0.25, 0.3) is 0 Å². The minimum atomic E-state index is -1.49. The van der Waals surface area contributed by atoms with Gasteiger partial charge < -0.3 is 9.52 Å². The molecule has 0 unspecified atom stereocenters. The van der Waals surface area contributed by atoms with Gasteiger partial charge in [0.05, 0.1) is 24.9 Å². The van der Waals surface area contributed by atoms with Crippen LogP contribution in [-0.2, 0) is 24.9 Å². The van der Waals surface area contributed by atoms with E-state index in [4.69, 9.17) is 14.4 Å². The van der Waals surface area contributed by atoms with Crippen LogP contribution in [0.25, 0.3) is 66.6 Å². The number of aliphatic hydroxyl groups excluding tert-OH is 1. The molecule has 0 aliphatic carbocycles. The molecule has 0 aliphatic heterocycles. The third-order valence-corrected chi connectivity index (χ3v) is 14.0. The second kappa shape index (κ2) is 17.8. The fourth-order valence-electron chi connectivity index (χ4n) is 6.94. The number of carbonyl (C=O) groups is 1. The topological polar surface area (TPSA) is 76.2 Å². The maximum Gasteiger partial charge on any atom is 0.216 e. The summed E-state index contributed by atoms with van der Waals surface area (Å²) in [4.78, 5) is 22.2. The number of rotatable bonds is 11. The van der Waals surface area contributed by atoms with Crippen LogP contribution in [0, 0.1) is 16.9 Å². The van der Waals surface area contributed by atoms with Gasteiger partial charge in [-0.2, -0.15) is 0 Å². The molecule has 0 saturated heterocycles. The minimum absolute atomic E-state index is 0. The molecule has 0 amide bonds. The summed E-state index contributed by atoms with van der Waals surface area (Å²) < 4.78 is 6.44. The first-order valence-corrected chi connectivity index (χ1v) is 23.5. The van der Waals surface area contributed by atoms with Gasteiger partial charge in [-0.15, -0.1) is 18.2 Å². The number of furan rings is 1. The van der Waals surface area contributed by atoms with E-state index in [9.17, 15) is 9.90 Å². The van der Waals surface area contributed by atoms with Gasteiger partial charge in [0.2, 0.25) is 5.71 Å². The minimum Gasteiger partial charge on any atom is -0.512 e. The van der Waals surface area contributed by atoms with E-state index in [1.807, 2.05) is 71.9 Å². The normalized spacial score (nSPS) is 12.3. The zero-order chi connectivity index (χ0) is 40.3. The molecule has 3 heterocycles. The number of nitrogens with zero attached hydrogens (tertiary/aromatic N) is 2. The molecule has 297 valence electrons. The fraction of sp³-hybridized carbons (Fsp3) is 0.300. The summed E-state index contributed by atoms with van der Waals surface area (Å²) in [5, 5.41) is 14.7. The largest absolute Gasteiger partial charge is 0.512 e. The summed E-state index contributed by atoms with van der Waals surface area (Å²) in [6.07, 6.45) is 4.75. The first-order chi connectivity index (χ1) is 26.7. The van der Waals surface area contributed by atoms with Crippen molar-refractivity contribution < 1.29 is 34.4 Å². The van der Waals surface area contributed by atoms with Crippen LogP contribution in [-0.4, -0.2) is 28.9 Å². The van der Waals surface area contributed by atoms with Gasteiger partial charge in [0.15, 0.2) is 5.78 Å². The van der Waals surface area contributed by atoms with E-state index >= 15 is 0 Å². The first-order valence-electron chi connectivity index (χ1n) is 20.0. The Labute approximate surface area is 353 Å². The van der Waals surface area contributed by atoms with Gasteiger partial charge in [0.1, 0.15) is 5.76 Å². The molecular formula is C50H55IrN2O3Si-. The Morgan fingerprint density at radius 1 is 0.719 bits per heavy atom. The zero-order valence-electron chi connectivity index (χ0n) is 34.8. The molecule has 7 rings (SSSR count). The fourth-order valence-corrected chi connectivity index (χ4v) is 8.10. The molecule has 5 nitrogen and oxygen atoms in total. The van der Waals surface area contributed by atoms with Crippen LogP contribution in [0.4, 0.5) is 0 Å². The summed E-state index contributed by atoms with van der Waals surface area (Å²) in [5.41, 5.74) is 7.73. The van der Waals surface area contributed by atoms with Crippen molar-refractivity contribution in [3.63, 3.8) is 0 Å². The van der Waals surface area contributed by atoms with Crippen LogP contribution >= 0.6 is 0 Å². The summed E-state index contributed by atoms with van der Waals surface area (Å²) >= 11 is 0.